The van der Waals surface area contributed by atoms with Crippen LogP contribution in [0.5, 0.6) is 0 Å². The Labute approximate surface area is 114 Å². The van der Waals surface area contributed by atoms with E-state index in [0.717, 1.165) is 5.69 Å². The number of nitrogens with one attached hydrogen (secondary N) is 3. The van der Waals surface area contributed by atoms with Gasteiger partial charge in [-0.1, -0.05) is 6.92 Å². The average Bonchev–Trinajstić information content (AvgIpc) is 2.71. The quantitative estimate of drug-likeness (QED) is 0.626. The smallest absolute Gasteiger partial charge is 0.260 e. The number of hydrogen-bond donors (Lipinski definition) is 3. The molecule has 0 saturated heterocycles. The van der Waals surface area contributed by atoms with E-state index in [2.05, 4.69) is 20.2 Å². The lowest BCUT2D eigenvalue weighted by molar-refractivity contribution is 0.161. The van der Waals surface area contributed by atoms with Crippen molar-refractivity contribution in [1.29, 1.82) is 0 Å². The van der Waals surface area contributed by atoms with Crippen molar-refractivity contribution in [3.05, 3.63) is 11.3 Å². The standard InChI is InChI=1S/C11H22N4O3S/c1-8(7-18-4)5-13-19(16,17)11-10(6-12-3)9(2)14-15-11/h8,12-13H,5-7H2,1-4H3,(H,14,15). The lowest BCUT2D eigenvalue weighted by atomic mass is 10.2. The molecule has 110 valence electrons. The fourth-order valence-electron chi connectivity index (χ4n) is 1.70. The molecule has 0 aliphatic rings. The zero-order valence-electron chi connectivity index (χ0n) is 11.8. The number of nitrogens with zero attached hydrogens (tertiary/aromatic N) is 1. The molecule has 7 nitrogen and oxygen atoms in total. The number of ether oxygens (including phenoxy) is 1. The maximum Gasteiger partial charge on any atom is 0.260 e. The van der Waals surface area contributed by atoms with E-state index in [1.165, 1.54) is 0 Å². The molecule has 0 aliphatic heterocycles. The first-order valence-electron chi connectivity index (χ1n) is 6.09. The van der Waals surface area contributed by atoms with E-state index in [1.807, 2.05) is 6.92 Å². The molecular formula is C11H22N4O3S. The average molecular weight is 290 g/mol. The van der Waals surface area contributed by atoms with Gasteiger partial charge in [0.05, 0.1) is 0 Å². The SMILES string of the molecule is CNCc1c(S(=O)(=O)NCC(C)COC)n[nH]c1C. The van der Waals surface area contributed by atoms with Crippen molar-refractivity contribution >= 4 is 10.0 Å². The molecule has 0 fully saturated rings. The van der Waals surface area contributed by atoms with Gasteiger partial charge in [0.2, 0.25) is 0 Å². The summed E-state index contributed by atoms with van der Waals surface area (Å²) >= 11 is 0. The zero-order valence-corrected chi connectivity index (χ0v) is 12.6. The molecule has 1 rings (SSSR count). The van der Waals surface area contributed by atoms with Crippen molar-refractivity contribution in [2.75, 3.05) is 27.3 Å². The third kappa shape index (κ3) is 4.27. The van der Waals surface area contributed by atoms with Gasteiger partial charge in [-0.2, -0.15) is 5.10 Å². The Hall–Kier alpha value is -0.960. The topological polar surface area (TPSA) is 96.1 Å². The van der Waals surface area contributed by atoms with Gasteiger partial charge in [-0.25, -0.2) is 13.1 Å². The maximum absolute atomic E-state index is 12.2. The third-order valence-electron chi connectivity index (χ3n) is 2.72. The number of methoxy groups -OCH3 is 1. The second kappa shape index (κ2) is 6.99. The fourth-order valence-corrected chi connectivity index (χ4v) is 3.06. The molecule has 0 bridgehead atoms. The van der Waals surface area contributed by atoms with Gasteiger partial charge < -0.3 is 10.1 Å². The first kappa shape index (κ1) is 16.1. The number of sulfonamides is 1. The van der Waals surface area contributed by atoms with Gasteiger partial charge in [0.25, 0.3) is 10.0 Å². The van der Waals surface area contributed by atoms with E-state index in [-0.39, 0.29) is 10.9 Å². The van der Waals surface area contributed by atoms with Gasteiger partial charge in [-0.3, -0.25) is 5.10 Å². The van der Waals surface area contributed by atoms with Gasteiger partial charge in [0.15, 0.2) is 5.03 Å². The highest BCUT2D eigenvalue weighted by atomic mass is 32.2. The summed E-state index contributed by atoms with van der Waals surface area (Å²) in [5, 5.41) is 9.59. The highest BCUT2D eigenvalue weighted by molar-refractivity contribution is 7.89. The van der Waals surface area contributed by atoms with E-state index in [0.29, 0.717) is 25.3 Å². The third-order valence-corrected chi connectivity index (χ3v) is 4.11. The number of H-pyrrole nitrogens is 1. The van der Waals surface area contributed by atoms with Gasteiger partial charge in [-0.15, -0.1) is 0 Å². The molecule has 8 heteroatoms. The molecule has 0 amide bonds. The summed E-state index contributed by atoms with van der Waals surface area (Å²) in [6, 6.07) is 0. The summed E-state index contributed by atoms with van der Waals surface area (Å²) in [6.07, 6.45) is 0. The summed E-state index contributed by atoms with van der Waals surface area (Å²) in [5.41, 5.74) is 1.41. The minimum absolute atomic E-state index is 0.0592. The van der Waals surface area contributed by atoms with Crippen molar-refractivity contribution in [2.45, 2.75) is 25.4 Å². The van der Waals surface area contributed by atoms with E-state index < -0.39 is 10.0 Å². The minimum Gasteiger partial charge on any atom is -0.384 e. The van der Waals surface area contributed by atoms with Crippen molar-refractivity contribution in [1.82, 2.24) is 20.2 Å². The predicted molar refractivity (Wildman–Crippen MR) is 72.3 cm³/mol. The van der Waals surface area contributed by atoms with E-state index in [1.54, 1.807) is 21.1 Å². The van der Waals surface area contributed by atoms with Crippen LogP contribution in [0.1, 0.15) is 18.2 Å². The summed E-state index contributed by atoms with van der Waals surface area (Å²) in [5.74, 6) is 0.104. The normalized spacial score (nSPS) is 13.7. The minimum atomic E-state index is -3.59. The molecule has 1 aromatic heterocycles. The highest BCUT2D eigenvalue weighted by Crippen LogP contribution is 2.15. The summed E-state index contributed by atoms with van der Waals surface area (Å²) in [7, 11) is -0.242. The number of hydrogen-bond acceptors (Lipinski definition) is 5. The van der Waals surface area contributed by atoms with E-state index in [4.69, 9.17) is 4.74 Å². The summed E-state index contributed by atoms with van der Waals surface area (Å²) in [6.45, 7) is 4.99. The second-order valence-electron chi connectivity index (χ2n) is 4.58. The van der Waals surface area contributed by atoms with Crippen LogP contribution in [-0.4, -0.2) is 45.9 Å². The van der Waals surface area contributed by atoms with Crippen LogP contribution in [0, 0.1) is 12.8 Å². The molecule has 0 saturated carbocycles. The van der Waals surface area contributed by atoms with Crippen LogP contribution in [0.2, 0.25) is 0 Å². The summed E-state index contributed by atoms with van der Waals surface area (Å²) < 4.78 is 31.9. The van der Waals surface area contributed by atoms with Crippen LogP contribution in [-0.2, 0) is 21.3 Å². The Morgan fingerprint density at radius 3 is 2.74 bits per heavy atom. The van der Waals surface area contributed by atoms with Gasteiger partial charge in [0.1, 0.15) is 0 Å². The Morgan fingerprint density at radius 2 is 2.16 bits per heavy atom. The molecule has 0 spiro atoms. The molecular weight excluding hydrogens is 268 g/mol. The monoisotopic (exact) mass is 290 g/mol. The number of aromatic nitrogens is 2. The lowest BCUT2D eigenvalue weighted by Gasteiger charge is -2.11. The number of aryl methyl sites for hydroxylation is 1. The van der Waals surface area contributed by atoms with Crippen molar-refractivity contribution in [2.24, 2.45) is 5.92 Å². The molecule has 1 atom stereocenters. The first-order chi connectivity index (χ1) is 8.92. The molecule has 0 radical (unpaired) electrons. The molecule has 1 heterocycles. The van der Waals surface area contributed by atoms with Crippen molar-refractivity contribution in [3.63, 3.8) is 0 Å². The lowest BCUT2D eigenvalue weighted by Crippen LogP contribution is -2.31. The predicted octanol–water partition coefficient (Wildman–Crippen LogP) is -0.00168. The Balaban J connectivity index is 2.83. The fraction of sp³-hybridized carbons (Fsp3) is 0.727. The molecule has 0 aliphatic carbocycles. The van der Waals surface area contributed by atoms with Crippen LogP contribution in [0.15, 0.2) is 5.03 Å². The van der Waals surface area contributed by atoms with Gasteiger partial charge in [0, 0.05) is 38.1 Å². The highest BCUT2D eigenvalue weighted by Gasteiger charge is 2.23. The molecule has 19 heavy (non-hydrogen) atoms. The number of rotatable bonds is 8. The van der Waals surface area contributed by atoms with Crippen LogP contribution in [0.4, 0.5) is 0 Å². The molecule has 1 unspecified atom stereocenters. The van der Waals surface area contributed by atoms with E-state index >= 15 is 0 Å². The second-order valence-corrected chi connectivity index (χ2v) is 6.26. The maximum atomic E-state index is 12.2. The summed E-state index contributed by atoms with van der Waals surface area (Å²) in [4.78, 5) is 0. The van der Waals surface area contributed by atoms with Gasteiger partial charge in [-0.05, 0) is 19.9 Å². The van der Waals surface area contributed by atoms with Crippen LogP contribution in [0.25, 0.3) is 0 Å². The Morgan fingerprint density at radius 1 is 1.47 bits per heavy atom. The van der Waals surface area contributed by atoms with Crippen LogP contribution < -0.4 is 10.0 Å². The molecule has 3 N–H and O–H groups in total. The van der Waals surface area contributed by atoms with E-state index in [9.17, 15) is 8.42 Å². The van der Waals surface area contributed by atoms with Crippen molar-refractivity contribution < 1.29 is 13.2 Å². The molecule has 0 aromatic carbocycles. The molecule has 1 aromatic rings. The first-order valence-corrected chi connectivity index (χ1v) is 7.57. The number of aromatic amines is 1. The van der Waals surface area contributed by atoms with Gasteiger partial charge >= 0.3 is 0 Å². The Kier molecular flexibility index (Phi) is 5.92. The zero-order chi connectivity index (χ0) is 14.5. The van der Waals surface area contributed by atoms with Crippen molar-refractivity contribution in [3.8, 4) is 0 Å². The van der Waals surface area contributed by atoms with Crippen LogP contribution >= 0.6 is 0 Å². The Bertz CT molecular complexity index is 498. The van der Waals surface area contributed by atoms with Crippen LogP contribution in [0.3, 0.4) is 0 Å². The largest absolute Gasteiger partial charge is 0.384 e.